The maximum atomic E-state index is 13.0. The Kier molecular flexibility index (Phi) is 5.22. The van der Waals surface area contributed by atoms with E-state index in [1.54, 1.807) is 0 Å². The molecule has 0 aromatic heterocycles. The van der Waals surface area contributed by atoms with E-state index in [1.807, 2.05) is 0 Å². The van der Waals surface area contributed by atoms with Crippen LogP contribution in [0.4, 0.5) is 26.3 Å². The summed E-state index contributed by atoms with van der Waals surface area (Å²) < 4.78 is 81.6. The van der Waals surface area contributed by atoms with Crippen molar-refractivity contribution in [3.8, 4) is 0 Å². The number of carbonyl (C=O) groups excluding carboxylic acids is 1. The van der Waals surface area contributed by atoms with Crippen LogP contribution in [0.5, 0.6) is 0 Å². The van der Waals surface area contributed by atoms with Crippen molar-refractivity contribution < 1.29 is 50.5 Å². The minimum absolute atomic E-state index is 0.370. The molecule has 2 bridgehead atoms. The van der Waals surface area contributed by atoms with E-state index >= 15 is 0 Å². The molecule has 2 saturated carbocycles. The summed E-state index contributed by atoms with van der Waals surface area (Å²) in [7, 11) is 0. The number of halogens is 6. The van der Waals surface area contributed by atoms with Crippen molar-refractivity contribution >= 4 is 17.8 Å². The highest BCUT2D eigenvalue weighted by Crippen LogP contribution is 2.53. The number of alkyl halides is 6. The number of ketones is 1. The Morgan fingerprint density at radius 2 is 1.74 bits per heavy atom. The molecule has 0 aromatic carbocycles. The molecular weight excluding hydrogens is 358 g/mol. The van der Waals surface area contributed by atoms with Crippen molar-refractivity contribution in [2.24, 2.45) is 11.8 Å². The van der Waals surface area contributed by atoms with E-state index in [2.05, 4.69) is 9.37 Å². The summed E-state index contributed by atoms with van der Waals surface area (Å²) in [4.78, 5) is 11.8. The molecule has 2 aliphatic rings. The third kappa shape index (κ3) is 3.31. The minimum Gasteiger partial charge on any atom is -0.691 e. The molecule has 0 aromatic rings. The van der Waals surface area contributed by atoms with Crippen LogP contribution in [0.2, 0.25) is 0 Å². The lowest BCUT2D eigenvalue weighted by Gasteiger charge is -2.36. The summed E-state index contributed by atoms with van der Waals surface area (Å²) in [6.07, 6.45) is -11.5. The molecule has 0 radical (unpaired) electrons. The summed E-state index contributed by atoms with van der Waals surface area (Å²) in [6, 6.07) is 0. The van der Waals surface area contributed by atoms with Gasteiger partial charge in [0.25, 0.3) is 4.75 Å². The van der Waals surface area contributed by atoms with Crippen LogP contribution >= 0.6 is 12.0 Å². The lowest BCUT2D eigenvalue weighted by Crippen LogP contribution is -2.58. The maximum Gasteiger partial charge on any atom is 0.416 e. The van der Waals surface area contributed by atoms with Crippen molar-refractivity contribution in [1.82, 2.24) is 0 Å². The zero-order valence-electron chi connectivity index (χ0n) is 11.3. The van der Waals surface area contributed by atoms with Crippen molar-refractivity contribution in [2.75, 3.05) is 6.61 Å². The third-order valence-electron chi connectivity index (χ3n) is 4.17. The van der Waals surface area contributed by atoms with Crippen LogP contribution in [0.3, 0.4) is 0 Å². The van der Waals surface area contributed by atoms with Crippen LogP contribution in [-0.2, 0) is 18.9 Å². The van der Waals surface area contributed by atoms with E-state index in [0.717, 1.165) is 0 Å². The van der Waals surface area contributed by atoms with Gasteiger partial charge in [-0.25, -0.2) is 0 Å². The lowest BCUT2D eigenvalue weighted by molar-refractivity contribution is -0.777. The Hall–Kier alpha value is -0.560. The van der Waals surface area contributed by atoms with E-state index in [1.165, 1.54) is 0 Å². The SMILES string of the molecule is O=C1C2CCC(C2)C1OCC(SOO[O-])(C(F)(F)F)C(F)(F)F. The van der Waals surface area contributed by atoms with Gasteiger partial charge in [-0.2, -0.15) is 30.7 Å². The molecule has 2 fully saturated rings. The Morgan fingerprint density at radius 1 is 1.13 bits per heavy atom. The molecule has 2 aliphatic carbocycles. The fourth-order valence-corrected chi connectivity index (χ4v) is 3.40. The highest BCUT2D eigenvalue weighted by molar-refractivity contribution is 7.96. The van der Waals surface area contributed by atoms with Gasteiger partial charge in [0.05, 0.1) is 18.6 Å². The molecule has 0 N–H and O–H groups in total. The van der Waals surface area contributed by atoms with Crippen molar-refractivity contribution in [2.45, 2.75) is 42.5 Å². The quantitative estimate of drug-likeness (QED) is 0.309. The molecule has 5 nitrogen and oxygen atoms in total. The predicted octanol–water partition coefficient (Wildman–Crippen LogP) is 2.11. The first-order valence-corrected chi connectivity index (χ1v) is 7.21. The standard InChI is InChI=1S/C11H12F6O5S/c12-10(13,14)9(11(15,16)17,23-22-21-19)4-20-8-6-2-1-5(3-6)7(8)18/h5-6,8,19H,1-4H2/p-1. The van der Waals surface area contributed by atoms with Gasteiger partial charge in [0.2, 0.25) is 0 Å². The summed E-state index contributed by atoms with van der Waals surface area (Å²) in [6.45, 7) is -1.91. The van der Waals surface area contributed by atoms with Gasteiger partial charge < -0.3 is 9.99 Å². The van der Waals surface area contributed by atoms with E-state index in [0.29, 0.717) is 19.3 Å². The van der Waals surface area contributed by atoms with Crippen LogP contribution in [-0.4, -0.2) is 35.6 Å². The van der Waals surface area contributed by atoms with Crippen LogP contribution in [0, 0.1) is 11.8 Å². The molecule has 3 unspecified atom stereocenters. The van der Waals surface area contributed by atoms with Crippen LogP contribution in [0.25, 0.3) is 0 Å². The van der Waals surface area contributed by atoms with Crippen LogP contribution in [0.1, 0.15) is 19.3 Å². The highest BCUT2D eigenvalue weighted by atomic mass is 32.2. The molecular formula is C11H11F6O5S-. The van der Waals surface area contributed by atoms with Gasteiger partial charge in [0, 0.05) is 5.92 Å². The number of fused-ring (bicyclic) bond motifs is 2. The van der Waals surface area contributed by atoms with E-state index in [-0.39, 0.29) is 11.8 Å². The van der Waals surface area contributed by atoms with Gasteiger partial charge in [0.15, 0.2) is 5.78 Å². The van der Waals surface area contributed by atoms with Gasteiger partial charge in [-0.1, -0.05) is 0 Å². The molecule has 12 heteroatoms. The van der Waals surface area contributed by atoms with Crippen LogP contribution < -0.4 is 5.26 Å². The van der Waals surface area contributed by atoms with Gasteiger partial charge >= 0.3 is 12.4 Å². The van der Waals surface area contributed by atoms with Crippen molar-refractivity contribution in [1.29, 1.82) is 0 Å². The summed E-state index contributed by atoms with van der Waals surface area (Å²) >= 11 is -1.23. The zero-order chi connectivity index (χ0) is 17.5. The van der Waals surface area contributed by atoms with E-state index in [9.17, 15) is 36.4 Å². The first-order valence-electron chi connectivity index (χ1n) is 6.46. The molecule has 3 atom stereocenters. The number of ether oxygens (including phenoxy) is 1. The second kappa shape index (κ2) is 6.39. The Labute approximate surface area is 130 Å². The number of Topliss-reactive ketones (excluding diaryl/α,β-unsaturated/α-hetero) is 1. The monoisotopic (exact) mass is 369 g/mol. The van der Waals surface area contributed by atoms with Crippen LogP contribution in [0.15, 0.2) is 0 Å². The van der Waals surface area contributed by atoms with Crippen molar-refractivity contribution in [3.63, 3.8) is 0 Å². The summed E-state index contributed by atoms with van der Waals surface area (Å²) in [5, 5.41) is 12.3. The average molecular weight is 369 g/mol. The minimum atomic E-state index is -5.85. The van der Waals surface area contributed by atoms with E-state index < -0.39 is 47.6 Å². The Balaban J connectivity index is 2.18. The number of carbonyl (C=O) groups is 1. The van der Waals surface area contributed by atoms with Gasteiger partial charge in [-0.3, -0.25) is 9.83 Å². The fourth-order valence-electron chi connectivity index (χ4n) is 2.95. The second-order valence-electron chi connectivity index (χ2n) is 5.45. The normalized spacial score (nSPS) is 28.7. The summed E-state index contributed by atoms with van der Waals surface area (Å²) in [5.74, 6) is -1.23. The Bertz CT molecular complexity index is 439. The number of hydrogen-bond acceptors (Lipinski definition) is 6. The number of rotatable bonds is 6. The zero-order valence-corrected chi connectivity index (χ0v) is 12.1. The molecule has 2 rings (SSSR count). The highest BCUT2D eigenvalue weighted by Gasteiger charge is 2.73. The topological polar surface area (TPSA) is 67.8 Å². The molecule has 0 spiro atoms. The molecule has 0 heterocycles. The molecule has 0 aliphatic heterocycles. The smallest absolute Gasteiger partial charge is 0.416 e. The third-order valence-corrected chi connectivity index (χ3v) is 5.16. The fraction of sp³-hybridized carbons (Fsp3) is 0.909. The predicted molar refractivity (Wildman–Crippen MR) is 60.2 cm³/mol. The maximum absolute atomic E-state index is 13.0. The summed E-state index contributed by atoms with van der Waals surface area (Å²) in [5.41, 5.74) is 0. The molecule has 0 saturated heterocycles. The van der Waals surface area contributed by atoms with Crippen molar-refractivity contribution in [3.05, 3.63) is 0 Å². The number of hydrogen-bond donors (Lipinski definition) is 0. The molecule has 23 heavy (non-hydrogen) atoms. The Morgan fingerprint density at radius 3 is 2.17 bits per heavy atom. The van der Waals surface area contributed by atoms with Gasteiger partial charge in [0.1, 0.15) is 6.10 Å². The largest absolute Gasteiger partial charge is 0.691 e. The first kappa shape index (κ1) is 18.8. The second-order valence-corrected chi connectivity index (χ2v) is 6.45. The molecule has 0 amide bonds. The molecule has 134 valence electrons. The first-order chi connectivity index (χ1) is 10.5. The van der Waals surface area contributed by atoms with Gasteiger partial charge in [-0.15, -0.1) is 0 Å². The van der Waals surface area contributed by atoms with Gasteiger partial charge in [-0.05, 0) is 25.2 Å². The lowest BCUT2D eigenvalue weighted by atomic mass is 9.96. The van der Waals surface area contributed by atoms with E-state index in [4.69, 9.17) is 4.74 Å². The average Bonchev–Trinajstić information content (AvgIpc) is 2.98.